The minimum absolute atomic E-state index is 0.133. The maximum absolute atomic E-state index is 11.2. The van der Waals surface area contributed by atoms with Gasteiger partial charge >= 0.3 is 5.97 Å². The lowest BCUT2D eigenvalue weighted by Crippen LogP contribution is -2.36. The first-order chi connectivity index (χ1) is 6.99. The van der Waals surface area contributed by atoms with Crippen molar-refractivity contribution in [1.82, 2.24) is 5.32 Å². The van der Waals surface area contributed by atoms with E-state index in [0.717, 1.165) is 0 Å². The molecule has 0 aliphatic heterocycles. The van der Waals surface area contributed by atoms with Crippen molar-refractivity contribution in [2.24, 2.45) is 0 Å². The van der Waals surface area contributed by atoms with E-state index in [9.17, 15) is 9.59 Å². The van der Waals surface area contributed by atoms with E-state index in [2.05, 4.69) is 11.9 Å². The summed E-state index contributed by atoms with van der Waals surface area (Å²) < 4.78 is 9.57. The highest BCUT2D eigenvalue weighted by Crippen LogP contribution is 1.91. The first-order valence-electron chi connectivity index (χ1n) is 4.62. The fraction of sp³-hybridized carbons (Fsp3) is 0.600. The molecule has 0 aromatic heterocycles. The second kappa shape index (κ2) is 7.00. The Bertz CT molecular complexity index is 250. The molecule has 5 heteroatoms. The van der Waals surface area contributed by atoms with Gasteiger partial charge in [-0.2, -0.15) is 0 Å². The lowest BCUT2D eigenvalue weighted by atomic mass is 10.3. The minimum Gasteiger partial charge on any atom is -0.460 e. The molecule has 0 aliphatic carbocycles. The van der Waals surface area contributed by atoms with Crippen LogP contribution in [-0.2, 0) is 19.1 Å². The highest BCUT2D eigenvalue weighted by atomic mass is 16.5. The van der Waals surface area contributed by atoms with Gasteiger partial charge in [0.2, 0.25) is 5.91 Å². The van der Waals surface area contributed by atoms with Gasteiger partial charge in [-0.1, -0.05) is 6.58 Å². The molecule has 0 heterocycles. The number of methoxy groups -OCH3 is 1. The number of hydrogen-bond acceptors (Lipinski definition) is 4. The van der Waals surface area contributed by atoms with Crippen molar-refractivity contribution < 1.29 is 19.1 Å². The molecule has 0 rings (SSSR count). The van der Waals surface area contributed by atoms with Crippen molar-refractivity contribution in [3.05, 3.63) is 12.2 Å². The van der Waals surface area contributed by atoms with Crippen LogP contribution in [0, 0.1) is 0 Å². The van der Waals surface area contributed by atoms with Crippen LogP contribution in [0.25, 0.3) is 0 Å². The molecule has 0 saturated heterocycles. The standard InChI is InChI=1S/C10H17NO4/c1-7(2)10(13)15-6-5-11-9(12)8(3)14-4/h8H,1,5-6H2,2-4H3,(H,11,12). The van der Waals surface area contributed by atoms with Crippen LogP contribution in [0.3, 0.4) is 0 Å². The van der Waals surface area contributed by atoms with E-state index in [0.29, 0.717) is 5.57 Å². The van der Waals surface area contributed by atoms with E-state index >= 15 is 0 Å². The van der Waals surface area contributed by atoms with Gasteiger partial charge in [0.1, 0.15) is 12.7 Å². The Morgan fingerprint density at radius 2 is 2.07 bits per heavy atom. The number of hydrogen-bond donors (Lipinski definition) is 1. The van der Waals surface area contributed by atoms with Gasteiger partial charge in [0, 0.05) is 12.7 Å². The Labute approximate surface area is 89.4 Å². The molecule has 0 aromatic carbocycles. The van der Waals surface area contributed by atoms with Crippen molar-refractivity contribution in [1.29, 1.82) is 0 Å². The fourth-order valence-electron chi connectivity index (χ4n) is 0.692. The molecule has 1 N–H and O–H groups in total. The van der Waals surface area contributed by atoms with Gasteiger partial charge in [-0.15, -0.1) is 0 Å². The molecule has 0 spiro atoms. The minimum atomic E-state index is -0.498. The summed E-state index contributed by atoms with van der Waals surface area (Å²) in [6.45, 7) is 7.03. The van der Waals surface area contributed by atoms with Crippen molar-refractivity contribution in [2.75, 3.05) is 20.3 Å². The molecule has 0 radical (unpaired) electrons. The monoisotopic (exact) mass is 215 g/mol. The van der Waals surface area contributed by atoms with Crippen LogP contribution in [0.5, 0.6) is 0 Å². The van der Waals surface area contributed by atoms with E-state index < -0.39 is 12.1 Å². The van der Waals surface area contributed by atoms with Crippen molar-refractivity contribution in [3.63, 3.8) is 0 Å². The molecule has 0 bridgehead atoms. The summed E-state index contributed by atoms with van der Waals surface area (Å²) in [6.07, 6.45) is -0.498. The van der Waals surface area contributed by atoms with Crippen LogP contribution in [0.4, 0.5) is 0 Å². The van der Waals surface area contributed by atoms with Gasteiger partial charge in [-0.25, -0.2) is 4.79 Å². The number of amides is 1. The third-order valence-corrected chi connectivity index (χ3v) is 1.71. The first kappa shape index (κ1) is 13.6. The van der Waals surface area contributed by atoms with E-state index in [1.54, 1.807) is 13.8 Å². The average Bonchev–Trinajstić information content (AvgIpc) is 2.22. The third-order valence-electron chi connectivity index (χ3n) is 1.71. The van der Waals surface area contributed by atoms with E-state index in [-0.39, 0.29) is 19.1 Å². The number of ether oxygens (including phenoxy) is 2. The molecule has 1 atom stereocenters. The van der Waals surface area contributed by atoms with Crippen LogP contribution in [0.1, 0.15) is 13.8 Å². The second-order valence-electron chi connectivity index (χ2n) is 3.09. The van der Waals surface area contributed by atoms with Gasteiger partial charge in [0.25, 0.3) is 0 Å². The third kappa shape index (κ3) is 5.85. The van der Waals surface area contributed by atoms with Gasteiger partial charge in [-0.05, 0) is 13.8 Å². The summed E-state index contributed by atoms with van der Waals surface area (Å²) in [5.74, 6) is -0.687. The van der Waals surface area contributed by atoms with Gasteiger partial charge < -0.3 is 14.8 Å². The highest BCUT2D eigenvalue weighted by molar-refractivity contribution is 5.87. The highest BCUT2D eigenvalue weighted by Gasteiger charge is 2.10. The van der Waals surface area contributed by atoms with Crippen molar-refractivity contribution in [3.8, 4) is 0 Å². The predicted octanol–water partition coefficient (Wildman–Crippen LogP) is 0.257. The fourth-order valence-corrected chi connectivity index (χ4v) is 0.692. The zero-order valence-corrected chi connectivity index (χ0v) is 9.33. The molecular formula is C10H17NO4. The number of esters is 1. The lowest BCUT2D eigenvalue weighted by Gasteiger charge is -2.10. The Kier molecular flexibility index (Phi) is 6.37. The molecule has 0 aromatic rings. The summed E-state index contributed by atoms with van der Waals surface area (Å²) in [5, 5.41) is 2.56. The molecule has 1 unspecified atom stereocenters. The molecule has 5 nitrogen and oxygen atoms in total. The molecule has 15 heavy (non-hydrogen) atoms. The summed E-state index contributed by atoms with van der Waals surface area (Å²) in [5.41, 5.74) is 0.339. The quantitative estimate of drug-likeness (QED) is 0.392. The van der Waals surface area contributed by atoms with E-state index in [1.807, 2.05) is 0 Å². The number of nitrogens with one attached hydrogen (secondary N) is 1. The summed E-state index contributed by atoms with van der Waals surface area (Å²) >= 11 is 0. The molecule has 1 amide bonds. The van der Waals surface area contributed by atoms with Crippen LogP contribution in [-0.4, -0.2) is 38.2 Å². The molecule has 0 aliphatic rings. The maximum atomic E-state index is 11.2. The Morgan fingerprint density at radius 1 is 1.47 bits per heavy atom. The van der Waals surface area contributed by atoms with Crippen molar-refractivity contribution in [2.45, 2.75) is 20.0 Å². The van der Waals surface area contributed by atoms with Crippen LogP contribution < -0.4 is 5.32 Å². The summed E-state index contributed by atoms with van der Waals surface area (Å²) in [6, 6.07) is 0. The summed E-state index contributed by atoms with van der Waals surface area (Å²) in [7, 11) is 1.45. The smallest absolute Gasteiger partial charge is 0.333 e. The topological polar surface area (TPSA) is 64.6 Å². The zero-order valence-electron chi connectivity index (χ0n) is 9.33. The van der Waals surface area contributed by atoms with E-state index in [4.69, 9.17) is 9.47 Å². The Balaban J connectivity index is 3.59. The largest absolute Gasteiger partial charge is 0.460 e. The molecule has 0 fully saturated rings. The molecule has 0 saturated carbocycles. The van der Waals surface area contributed by atoms with Gasteiger partial charge in [-0.3, -0.25) is 4.79 Å². The van der Waals surface area contributed by atoms with Crippen LogP contribution in [0.2, 0.25) is 0 Å². The van der Waals surface area contributed by atoms with Gasteiger partial charge in [0.05, 0.1) is 6.54 Å². The first-order valence-corrected chi connectivity index (χ1v) is 4.62. The SMILES string of the molecule is C=C(C)C(=O)OCCNC(=O)C(C)OC. The average molecular weight is 215 g/mol. The summed E-state index contributed by atoms with van der Waals surface area (Å²) in [4.78, 5) is 22.1. The lowest BCUT2D eigenvalue weighted by molar-refractivity contribution is -0.139. The molecule has 86 valence electrons. The van der Waals surface area contributed by atoms with E-state index in [1.165, 1.54) is 7.11 Å². The predicted molar refractivity (Wildman–Crippen MR) is 55.3 cm³/mol. The normalized spacial score (nSPS) is 11.7. The van der Waals surface area contributed by atoms with Crippen molar-refractivity contribution >= 4 is 11.9 Å². The maximum Gasteiger partial charge on any atom is 0.333 e. The number of rotatable bonds is 6. The zero-order chi connectivity index (χ0) is 11.8. The van der Waals surface area contributed by atoms with Crippen LogP contribution >= 0.6 is 0 Å². The second-order valence-corrected chi connectivity index (χ2v) is 3.09. The number of carbonyl (C=O) groups excluding carboxylic acids is 2. The Hall–Kier alpha value is -1.36. The van der Waals surface area contributed by atoms with Crippen LogP contribution in [0.15, 0.2) is 12.2 Å². The molecular weight excluding hydrogens is 198 g/mol. The number of carbonyl (C=O) groups is 2. The van der Waals surface area contributed by atoms with Gasteiger partial charge in [0.15, 0.2) is 0 Å². The Morgan fingerprint density at radius 3 is 2.53 bits per heavy atom.